The molecular weight excluding hydrogens is 307 g/mol. The molecule has 3 rings (SSSR count). The topological polar surface area (TPSA) is 84.9 Å². The minimum Gasteiger partial charge on any atom is -0.382 e. The van der Waals surface area contributed by atoms with Crippen molar-refractivity contribution in [1.29, 1.82) is 0 Å². The Balaban J connectivity index is 1.98. The summed E-state index contributed by atoms with van der Waals surface area (Å²) >= 11 is 0. The normalized spacial score (nSPS) is 22.9. The molecule has 2 aliphatic rings. The zero-order chi connectivity index (χ0) is 16.6. The number of hydrogen-bond acceptors (Lipinski definition) is 5. The van der Waals surface area contributed by atoms with Gasteiger partial charge < -0.3 is 9.47 Å². The number of ether oxygens (including phenoxy) is 2. The molecule has 7 nitrogen and oxygen atoms in total. The Bertz CT molecular complexity index is 692. The number of methoxy groups -OCH3 is 1. The van der Waals surface area contributed by atoms with Gasteiger partial charge in [0, 0.05) is 12.7 Å². The number of hydrogen-bond donors (Lipinski definition) is 1. The van der Waals surface area contributed by atoms with Gasteiger partial charge in [-0.25, -0.2) is 4.39 Å². The maximum Gasteiger partial charge on any atom is 0.249 e. The largest absolute Gasteiger partial charge is 0.382 e. The van der Waals surface area contributed by atoms with Crippen LogP contribution in [0.25, 0.3) is 0 Å². The molecule has 1 saturated heterocycles. The van der Waals surface area contributed by atoms with Crippen LogP contribution in [-0.4, -0.2) is 44.8 Å². The highest BCUT2D eigenvalue weighted by atomic mass is 19.1. The third-order valence-corrected chi connectivity index (χ3v) is 4.04. The monoisotopic (exact) mass is 322 g/mol. The van der Waals surface area contributed by atoms with Crippen LogP contribution >= 0.6 is 0 Å². The highest BCUT2D eigenvalue weighted by molar-refractivity contribution is 6.28. The predicted octanol–water partition coefficient (Wildman–Crippen LogP) is 0.0771. The van der Waals surface area contributed by atoms with Crippen LogP contribution < -0.4 is 10.2 Å². The van der Waals surface area contributed by atoms with Gasteiger partial charge >= 0.3 is 0 Å². The van der Waals surface area contributed by atoms with Gasteiger partial charge in [-0.15, -0.1) is 0 Å². The number of amides is 3. The first-order chi connectivity index (χ1) is 11.0. The van der Waals surface area contributed by atoms with Gasteiger partial charge in [0.1, 0.15) is 12.5 Å². The fourth-order valence-electron chi connectivity index (χ4n) is 2.96. The molecule has 1 fully saturated rings. The second kappa shape index (κ2) is 5.71. The standard InChI is InChI=1S/C15H15FN2O5/c1-22-4-5-23-8-18-11-3-2-9(16)6-10(11)15(14(18)21)7-12(19)17-13(15)20/h2-3,6H,4-5,7-8H2,1H3,(H,17,19,20). The SMILES string of the molecule is COCCOCN1C(=O)C2(CC(=O)NC2=O)c2cc(F)ccc21. The van der Waals surface area contributed by atoms with Crippen molar-refractivity contribution in [3.63, 3.8) is 0 Å². The van der Waals surface area contributed by atoms with Crippen molar-refractivity contribution in [1.82, 2.24) is 5.32 Å². The van der Waals surface area contributed by atoms with Gasteiger partial charge in [0.15, 0.2) is 5.41 Å². The van der Waals surface area contributed by atoms with E-state index in [1.807, 2.05) is 0 Å². The van der Waals surface area contributed by atoms with Gasteiger partial charge in [-0.2, -0.15) is 0 Å². The quantitative estimate of drug-likeness (QED) is 0.471. The lowest BCUT2D eigenvalue weighted by Crippen LogP contribution is -2.46. The molecule has 0 aliphatic carbocycles. The van der Waals surface area contributed by atoms with Crippen LogP contribution in [0.4, 0.5) is 10.1 Å². The summed E-state index contributed by atoms with van der Waals surface area (Å²) in [5.74, 6) is -2.44. The molecule has 2 aliphatic heterocycles. The smallest absolute Gasteiger partial charge is 0.249 e. The molecule has 1 aromatic carbocycles. The van der Waals surface area contributed by atoms with Crippen molar-refractivity contribution >= 4 is 23.4 Å². The number of rotatable bonds is 5. The average molecular weight is 322 g/mol. The molecule has 2 heterocycles. The summed E-state index contributed by atoms with van der Waals surface area (Å²) in [5.41, 5.74) is -1.13. The van der Waals surface area contributed by atoms with Crippen LogP contribution in [0.2, 0.25) is 0 Å². The summed E-state index contributed by atoms with van der Waals surface area (Å²) in [6, 6.07) is 3.73. The molecule has 0 aromatic heterocycles. The minimum atomic E-state index is -1.70. The van der Waals surface area contributed by atoms with Crippen LogP contribution in [0, 0.1) is 5.82 Å². The summed E-state index contributed by atoms with van der Waals surface area (Å²) in [7, 11) is 1.52. The summed E-state index contributed by atoms with van der Waals surface area (Å²) in [6.45, 7) is 0.501. The molecule has 1 aromatic rings. The number of carbonyl (C=O) groups is 3. The van der Waals surface area contributed by atoms with Crippen molar-refractivity contribution in [2.75, 3.05) is 32.0 Å². The molecule has 8 heteroatoms. The molecule has 0 bridgehead atoms. The number of benzene rings is 1. The number of nitrogens with one attached hydrogen (secondary N) is 1. The molecule has 1 spiro atoms. The lowest BCUT2D eigenvalue weighted by atomic mass is 9.80. The Labute approximate surface area is 131 Å². The Morgan fingerprint density at radius 2 is 2.09 bits per heavy atom. The molecule has 23 heavy (non-hydrogen) atoms. The minimum absolute atomic E-state index is 0.107. The van der Waals surface area contributed by atoms with E-state index in [0.29, 0.717) is 12.3 Å². The number of nitrogens with zero attached hydrogens (tertiary/aromatic N) is 1. The summed E-state index contributed by atoms with van der Waals surface area (Å²) in [6.07, 6.45) is -0.324. The first-order valence-corrected chi connectivity index (χ1v) is 7.03. The summed E-state index contributed by atoms with van der Waals surface area (Å²) in [5, 5.41) is 2.13. The summed E-state index contributed by atoms with van der Waals surface area (Å²) in [4.78, 5) is 37.9. The van der Waals surface area contributed by atoms with Gasteiger partial charge in [-0.3, -0.25) is 24.6 Å². The van der Waals surface area contributed by atoms with E-state index in [2.05, 4.69) is 5.32 Å². The molecule has 0 radical (unpaired) electrons. The van der Waals surface area contributed by atoms with Crippen molar-refractivity contribution in [3.8, 4) is 0 Å². The Morgan fingerprint density at radius 1 is 1.30 bits per heavy atom. The van der Waals surface area contributed by atoms with Gasteiger partial charge in [0.2, 0.25) is 17.7 Å². The predicted molar refractivity (Wildman–Crippen MR) is 76.0 cm³/mol. The van der Waals surface area contributed by atoms with Crippen LogP contribution in [0.1, 0.15) is 12.0 Å². The molecule has 122 valence electrons. The van der Waals surface area contributed by atoms with Gasteiger partial charge in [-0.05, 0) is 18.2 Å². The Hall–Kier alpha value is -2.32. The van der Waals surface area contributed by atoms with E-state index in [4.69, 9.17) is 9.47 Å². The highest BCUT2D eigenvalue weighted by Gasteiger charge is 2.61. The first-order valence-electron chi connectivity index (χ1n) is 7.03. The lowest BCUT2D eigenvalue weighted by Gasteiger charge is -2.20. The van der Waals surface area contributed by atoms with Crippen LogP contribution in [-0.2, 0) is 29.3 Å². The van der Waals surface area contributed by atoms with Crippen molar-refractivity contribution in [2.45, 2.75) is 11.8 Å². The highest BCUT2D eigenvalue weighted by Crippen LogP contribution is 2.46. The van der Waals surface area contributed by atoms with Crippen LogP contribution in [0.5, 0.6) is 0 Å². The third kappa shape index (κ3) is 2.30. The van der Waals surface area contributed by atoms with E-state index in [9.17, 15) is 18.8 Å². The zero-order valence-corrected chi connectivity index (χ0v) is 12.4. The van der Waals surface area contributed by atoms with Gasteiger partial charge in [0.25, 0.3) is 0 Å². The average Bonchev–Trinajstić information content (AvgIpc) is 2.93. The second-order valence-corrected chi connectivity index (χ2v) is 5.38. The van der Waals surface area contributed by atoms with Crippen molar-refractivity contribution in [3.05, 3.63) is 29.6 Å². The number of halogens is 1. The van der Waals surface area contributed by atoms with Crippen molar-refractivity contribution in [2.24, 2.45) is 0 Å². The van der Waals surface area contributed by atoms with E-state index in [1.165, 1.54) is 24.1 Å². The number of fused-ring (bicyclic) bond motifs is 2. The fourth-order valence-corrected chi connectivity index (χ4v) is 2.96. The van der Waals surface area contributed by atoms with Gasteiger partial charge in [-0.1, -0.05) is 0 Å². The zero-order valence-electron chi connectivity index (χ0n) is 12.4. The molecule has 1 N–H and O–H groups in total. The molecule has 1 unspecified atom stereocenters. The number of imide groups is 1. The second-order valence-electron chi connectivity index (χ2n) is 5.38. The Morgan fingerprint density at radius 3 is 2.74 bits per heavy atom. The van der Waals surface area contributed by atoms with Gasteiger partial charge in [0.05, 0.1) is 25.3 Å². The van der Waals surface area contributed by atoms with E-state index >= 15 is 0 Å². The van der Waals surface area contributed by atoms with Crippen molar-refractivity contribution < 1.29 is 28.2 Å². The maximum atomic E-state index is 13.6. The molecule has 0 saturated carbocycles. The van der Waals surface area contributed by atoms with E-state index in [0.717, 1.165) is 6.07 Å². The van der Waals surface area contributed by atoms with E-state index in [1.54, 1.807) is 0 Å². The van der Waals surface area contributed by atoms with E-state index < -0.39 is 29.0 Å². The maximum absolute atomic E-state index is 13.6. The molecule has 1 atom stereocenters. The molecule has 3 amide bonds. The lowest BCUT2D eigenvalue weighted by molar-refractivity contribution is -0.133. The molecular formula is C15H15FN2O5. The third-order valence-electron chi connectivity index (χ3n) is 4.04. The van der Waals surface area contributed by atoms with E-state index in [-0.39, 0.29) is 25.3 Å². The van der Waals surface area contributed by atoms with Crippen LogP contribution in [0.3, 0.4) is 0 Å². The first kappa shape index (κ1) is 15.6. The van der Waals surface area contributed by atoms with Crippen LogP contribution in [0.15, 0.2) is 18.2 Å². The fraction of sp³-hybridized carbons (Fsp3) is 0.400. The number of carbonyl (C=O) groups excluding carboxylic acids is 3. The summed E-state index contributed by atoms with van der Waals surface area (Å²) < 4.78 is 23.8. The number of anilines is 1. The Kier molecular flexibility index (Phi) is 3.87.